The van der Waals surface area contributed by atoms with Crippen molar-refractivity contribution in [2.24, 2.45) is 0 Å². The molecule has 8 heteroatoms. The van der Waals surface area contributed by atoms with Crippen LogP contribution in [-0.2, 0) is 9.53 Å². The summed E-state index contributed by atoms with van der Waals surface area (Å²) in [6.07, 6.45) is 2.93. The van der Waals surface area contributed by atoms with Gasteiger partial charge in [0.1, 0.15) is 12.4 Å². The van der Waals surface area contributed by atoms with Gasteiger partial charge in [-0.3, -0.25) is 14.4 Å². The van der Waals surface area contributed by atoms with Gasteiger partial charge in [0.15, 0.2) is 11.6 Å². The van der Waals surface area contributed by atoms with Crippen molar-refractivity contribution in [2.45, 2.75) is 74.0 Å². The molecule has 0 amide bonds. The van der Waals surface area contributed by atoms with Crippen molar-refractivity contribution in [3.05, 3.63) is 59.2 Å². The zero-order chi connectivity index (χ0) is 27.0. The van der Waals surface area contributed by atoms with Crippen LogP contribution in [-0.4, -0.2) is 58.9 Å². The molecule has 0 aromatic heterocycles. The highest BCUT2D eigenvalue weighted by Crippen LogP contribution is 2.44. The zero-order valence-corrected chi connectivity index (χ0v) is 22.5. The number of aliphatic hydroxyl groups is 2. The Hall–Kier alpha value is -2.68. The molecule has 2 aromatic rings. The van der Waals surface area contributed by atoms with E-state index in [0.717, 1.165) is 29.7 Å². The van der Waals surface area contributed by atoms with E-state index >= 15 is 0 Å². The van der Waals surface area contributed by atoms with Gasteiger partial charge in [0, 0.05) is 35.0 Å². The maximum atomic E-state index is 12.4. The Morgan fingerprint density at radius 2 is 1.84 bits per heavy atom. The molecule has 0 radical (unpaired) electrons. The SMILES string of the molecule is COC(=O)CCC(=O)c1ccc(SC2(COc3ccc(C(C)=O)c(C(C)CO)c3)CCCCC2O)cc1. The average molecular weight is 529 g/mol. The molecule has 0 heterocycles. The zero-order valence-electron chi connectivity index (χ0n) is 21.7. The van der Waals surface area contributed by atoms with Crippen molar-refractivity contribution in [1.29, 1.82) is 0 Å². The van der Waals surface area contributed by atoms with E-state index in [1.807, 2.05) is 19.1 Å². The second kappa shape index (κ2) is 13.2. The van der Waals surface area contributed by atoms with E-state index in [1.54, 1.807) is 42.1 Å². The summed E-state index contributed by atoms with van der Waals surface area (Å²) in [7, 11) is 1.30. The van der Waals surface area contributed by atoms with E-state index in [-0.39, 0.29) is 43.5 Å². The average Bonchev–Trinajstić information content (AvgIpc) is 2.91. The number of thioether (sulfide) groups is 1. The molecule has 7 nitrogen and oxygen atoms in total. The summed E-state index contributed by atoms with van der Waals surface area (Å²) in [5.74, 6) is -0.226. The fourth-order valence-electron chi connectivity index (χ4n) is 4.58. The Morgan fingerprint density at radius 1 is 1.11 bits per heavy atom. The van der Waals surface area contributed by atoms with Crippen LogP contribution < -0.4 is 4.74 Å². The van der Waals surface area contributed by atoms with Crippen molar-refractivity contribution < 1.29 is 34.1 Å². The van der Waals surface area contributed by atoms with E-state index in [2.05, 4.69) is 4.74 Å². The Kier molecular flexibility index (Phi) is 10.3. The van der Waals surface area contributed by atoms with Crippen molar-refractivity contribution in [2.75, 3.05) is 20.3 Å². The maximum Gasteiger partial charge on any atom is 0.305 e. The third kappa shape index (κ3) is 7.43. The monoisotopic (exact) mass is 528 g/mol. The quantitative estimate of drug-likeness (QED) is 0.294. The van der Waals surface area contributed by atoms with Crippen LogP contribution in [0, 0.1) is 0 Å². The number of rotatable bonds is 12. The molecule has 3 unspecified atom stereocenters. The first-order valence-electron chi connectivity index (χ1n) is 12.6. The lowest BCUT2D eigenvalue weighted by atomic mass is 9.86. The van der Waals surface area contributed by atoms with Crippen molar-refractivity contribution >= 4 is 29.3 Å². The topological polar surface area (TPSA) is 110 Å². The highest BCUT2D eigenvalue weighted by atomic mass is 32.2. The Bertz CT molecular complexity index is 1100. The molecule has 0 spiro atoms. The van der Waals surface area contributed by atoms with E-state index < -0.39 is 16.8 Å². The molecule has 0 bridgehead atoms. The molecule has 0 saturated heterocycles. The van der Waals surface area contributed by atoms with Gasteiger partial charge in [-0.15, -0.1) is 11.8 Å². The van der Waals surface area contributed by atoms with E-state index in [1.165, 1.54) is 14.0 Å². The molecule has 3 atom stereocenters. The highest BCUT2D eigenvalue weighted by molar-refractivity contribution is 8.00. The number of carbonyl (C=O) groups is 3. The molecule has 1 saturated carbocycles. The van der Waals surface area contributed by atoms with Gasteiger partial charge < -0.3 is 19.7 Å². The van der Waals surface area contributed by atoms with E-state index in [0.29, 0.717) is 23.3 Å². The summed E-state index contributed by atoms with van der Waals surface area (Å²) in [6, 6.07) is 12.5. The van der Waals surface area contributed by atoms with Crippen LogP contribution in [0.15, 0.2) is 47.4 Å². The second-order valence-corrected chi connectivity index (χ2v) is 11.1. The first kappa shape index (κ1) is 28.9. The molecule has 2 N–H and O–H groups in total. The van der Waals surface area contributed by atoms with Gasteiger partial charge in [0.25, 0.3) is 0 Å². The van der Waals surface area contributed by atoms with Crippen LogP contribution in [0.3, 0.4) is 0 Å². The van der Waals surface area contributed by atoms with Crippen molar-refractivity contribution in [3.63, 3.8) is 0 Å². The molecule has 2 aromatic carbocycles. The van der Waals surface area contributed by atoms with Gasteiger partial charge in [0.2, 0.25) is 0 Å². The van der Waals surface area contributed by atoms with Gasteiger partial charge >= 0.3 is 5.97 Å². The summed E-state index contributed by atoms with van der Waals surface area (Å²) in [5.41, 5.74) is 1.83. The molecular weight excluding hydrogens is 492 g/mol. The van der Waals surface area contributed by atoms with Crippen LogP contribution in [0.1, 0.15) is 84.6 Å². The number of Topliss-reactive ketones (excluding diaryl/α,β-unsaturated/α-hetero) is 2. The number of benzene rings is 2. The third-order valence-corrected chi connectivity index (χ3v) is 8.41. The number of esters is 1. The molecule has 3 rings (SSSR count). The van der Waals surface area contributed by atoms with Gasteiger partial charge in [-0.1, -0.05) is 31.9 Å². The van der Waals surface area contributed by atoms with Crippen molar-refractivity contribution in [3.8, 4) is 5.75 Å². The molecule has 37 heavy (non-hydrogen) atoms. The van der Waals surface area contributed by atoms with Crippen LogP contribution >= 0.6 is 11.8 Å². The minimum atomic E-state index is -0.573. The lowest BCUT2D eigenvalue weighted by molar-refractivity contribution is -0.140. The summed E-state index contributed by atoms with van der Waals surface area (Å²) in [5, 5.41) is 20.7. The van der Waals surface area contributed by atoms with Gasteiger partial charge in [0.05, 0.1) is 24.4 Å². The smallest absolute Gasteiger partial charge is 0.305 e. The summed E-state index contributed by atoms with van der Waals surface area (Å²) >= 11 is 1.55. The van der Waals surface area contributed by atoms with Gasteiger partial charge in [-0.05, 0) is 55.7 Å². The minimum Gasteiger partial charge on any atom is -0.492 e. The molecule has 1 aliphatic carbocycles. The van der Waals surface area contributed by atoms with Gasteiger partial charge in [-0.25, -0.2) is 0 Å². The molecule has 1 fully saturated rings. The number of methoxy groups -OCH3 is 1. The lowest BCUT2D eigenvalue weighted by Crippen LogP contribution is -2.46. The molecular formula is C29H36O7S. The fraction of sp³-hybridized carbons (Fsp3) is 0.483. The molecule has 1 aliphatic rings. The van der Waals surface area contributed by atoms with Gasteiger partial charge in [-0.2, -0.15) is 0 Å². The molecule has 0 aliphatic heterocycles. The molecule has 200 valence electrons. The summed E-state index contributed by atoms with van der Waals surface area (Å²) < 4.78 is 10.2. The third-order valence-electron chi connectivity index (χ3n) is 6.91. The predicted octanol–water partition coefficient (Wildman–Crippen LogP) is 4.97. The van der Waals surface area contributed by atoms with E-state index in [4.69, 9.17) is 4.74 Å². The number of carbonyl (C=O) groups excluding carboxylic acids is 3. The van der Waals surface area contributed by atoms with Crippen LogP contribution in [0.4, 0.5) is 0 Å². The Balaban J connectivity index is 1.76. The fourth-order valence-corrected chi connectivity index (χ4v) is 5.94. The van der Waals surface area contributed by atoms with E-state index in [9.17, 15) is 24.6 Å². The van der Waals surface area contributed by atoms with Crippen LogP contribution in [0.25, 0.3) is 0 Å². The Labute approximate surface area is 222 Å². The van der Waals surface area contributed by atoms with Crippen molar-refractivity contribution in [1.82, 2.24) is 0 Å². The number of ketones is 2. The summed E-state index contributed by atoms with van der Waals surface area (Å²) in [4.78, 5) is 36.7. The highest BCUT2D eigenvalue weighted by Gasteiger charge is 2.42. The lowest BCUT2D eigenvalue weighted by Gasteiger charge is -2.40. The number of ether oxygens (including phenoxy) is 2. The predicted molar refractivity (Wildman–Crippen MR) is 143 cm³/mol. The number of aliphatic hydroxyl groups excluding tert-OH is 2. The first-order chi connectivity index (χ1) is 17.7. The normalized spacial score (nSPS) is 20.2. The second-order valence-electron chi connectivity index (χ2n) is 9.63. The first-order valence-corrected chi connectivity index (χ1v) is 13.5. The standard InChI is InChI=1S/C29H36O7S/c1-19(17-30)25-16-22(9-12-24(25)20(2)31)36-18-29(15-5-4-6-27(29)33)37-23-10-7-21(8-11-23)26(32)13-14-28(34)35-3/h7-12,16,19,27,30,33H,4-6,13-15,17-18H2,1-3H3. The minimum absolute atomic E-state index is 0.0463. The maximum absolute atomic E-state index is 12.4. The number of hydrogen-bond donors (Lipinski definition) is 2. The number of hydrogen-bond acceptors (Lipinski definition) is 8. The van der Waals surface area contributed by atoms with Crippen LogP contribution in [0.2, 0.25) is 0 Å². The summed E-state index contributed by atoms with van der Waals surface area (Å²) in [6.45, 7) is 3.55. The largest absolute Gasteiger partial charge is 0.492 e. The Morgan fingerprint density at radius 3 is 2.46 bits per heavy atom. The van der Waals surface area contributed by atoms with Crippen LogP contribution in [0.5, 0.6) is 5.75 Å².